The molecule has 0 aliphatic heterocycles. The van der Waals surface area contributed by atoms with Gasteiger partial charge in [0, 0.05) is 11.4 Å². The summed E-state index contributed by atoms with van der Waals surface area (Å²) < 4.78 is 10.9. The summed E-state index contributed by atoms with van der Waals surface area (Å²) in [6.45, 7) is 2.28. The van der Waals surface area contributed by atoms with Crippen molar-refractivity contribution in [2.24, 2.45) is 0 Å². The molecule has 0 saturated heterocycles. The lowest BCUT2D eigenvalue weighted by Gasteiger charge is -2.11. The Morgan fingerprint density at radius 3 is 2.91 bits per heavy atom. The van der Waals surface area contributed by atoms with Crippen LogP contribution in [0, 0.1) is 0 Å². The van der Waals surface area contributed by atoms with E-state index in [9.17, 15) is 9.59 Å². The minimum atomic E-state index is -0.206. The van der Waals surface area contributed by atoms with Gasteiger partial charge in [0.1, 0.15) is 4.83 Å². The van der Waals surface area contributed by atoms with Gasteiger partial charge in [-0.1, -0.05) is 17.7 Å². The van der Waals surface area contributed by atoms with E-state index >= 15 is 0 Å². The number of likely N-dealkylation sites (N-methyl/N-ethyl adjacent to an activating group) is 1. The number of hydrogen-bond acceptors (Lipinski definition) is 6. The number of fused-ring (bicyclic) bond motifs is 3. The number of thiophene rings is 1. The molecular weight excluding hydrogens is 450 g/mol. The van der Waals surface area contributed by atoms with Crippen molar-refractivity contribution in [1.82, 2.24) is 15.3 Å². The standard InChI is InChI=1S/C23H24ClN3O4S/c1-3-25-19(28)12-31-16-9-8-13(11-17(16)30-2)10-15(24)21-26-22(29)20-14-6-4-5-7-18(14)32-23(20)27-21/h8-11H,3-7,12H2,1-2H3,(H,25,28)(H,26,27,29)/b15-10-. The van der Waals surface area contributed by atoms with Crippen molar-refractivity contribution in [1.29, 1.82) is 0 Å². The van der Waals surface area contributed by atoms with Crippen LogP contribution in [0.5, 0.6) is 11.5 Å². The lowest BCUT2D eigenvalue weighted by molar-refractivity contribution is -0.123. The molecule has 168 valence electrons. The zero-order valence-corrected chi connectivity index (χ0v) is 19.5. The van der Waals surface area contributed by atoms with Gasteiger partial charge in [0.05, 0.1) is 17.5 Å². The predicted molar refractivity (Wildman–Crippen MR) is 128 cm³/mol. The number of H-pyrrole nitrogens is 1. The van der Waals surface area contributed by atoms with Gasteiger partial charge in [0.25, 0.3) is 11.5 Å². The fourth-order valence-corrected chi connectivity index (χ4v) is 5.25. The maximum Gasteiger partial charge on any atom is 0.260 e. The van der Waals surface area contributed by atoms with Crippen molar-refractivity contribution >= 4 is 50.2 Å². The first-order chi connectivity index (χ1) is 15.5. The zero-order valence-electron chi connectivity index (χ0n) is 17.9. The molecule has 0 radical (unpaired) electrons. The van der Waals surface area contributed by atoms with Crippen LogP contribution < -0.4 is 20.3 Å². The number of methoxy groups -OCH3 is 1. The molecule has 1 amide bonds. The van der Waals surface area contributed by atoms with E-state index in [-0.39, 0.29) is 18.1 Å². The van der Waals surface area contributed by atoms with E-state index in [0.29, 0.717) is 34.3 Å². The molecule has 2 heterocycles. The third-order valence-electron chi connectivity index (χ3n) is 5.27. The Kier molecular flexibility index (Phi) is 6.81. The fraction of sp³-hybridized carbons (Fsp3) is 0.348. The predicted octanol–water partition coefficient (Wildman–Crippen LogP) is 4.12. The number of rotatable bonds is 7. The number of hydrogen-bond donors (Lipinski definition) is 2. The van der Waals surface area contributed by atoms with Gasteiger partial charge in [-0.15, -0.1) is 11.3 Å². The number of aromatic amines is 1. The smallest absolute Gasteiger partial charge is 0.260 e. The molecule has 32 heavy (non-hydrogen) atoms. The first kappa shape index (κ1) is 22.4. The average Bonchev–Trinajstić information content (AvgIpc) is 3.17. The van der Waals surface area contributed by atoms with Gasteiger partial charge in [-0.3, -0.25) is 9.59 Å². The highest BCUT2D eigenvalue weighted by Crippen LogP contribution is 2.34. The summed E-state index contributed by atoms with van der Waals surface area (Å²) in [5, 5.41) is 3.69. The highest BCUT2D eigenvalue weighted by Gasteiger charge is 2.20. The Balaban J connectivity index is 1.60. The monoisotopic (exact) mass is 473 g/mol. The molecule has 1 aliphatic carbocycles. The third-order valence-corrected chi connectivity index (χ3v) is 6.74. The van der Waals surface area contributed by atoms with Crippen LogP contribution in [-0.2, 0) is 17.6 Å². The second-order valence-corrected chi connectivity index (χ2v) is 8.94. The summed E-state index contributed by atoms with van der Waals surface area (Å²) in [7, 11) is 1.52. The second kappa shape index (κ2) is 9.75. The lowest BCUT2D eigenvalue weighted by Crippen LogP contribution is -2.28. The van der Waals surface area contributed by atoms with Gasteiger partial charge in [-0.2, -0.15) is 0 Å². The molecule has 2 aromatic heterocycles. The summed E-state index contributed by atoms with van der Waals surface area (Å²) in [6, 6.07) is 5.25. The van der Waals surface area contributed by atoms with E-state index in [1.54, 1.807) is 35.6 Å². The maximum absolute atomic E-state index is 12.8. The average molecular weight is 474 g/mol. The normalized spacial score (nSPS) is 13.7. The highest BCUT2D eigenvalue weighted by atomic mass is 35.5. The van der Waals surface area contributed by atoms with Crippen molar-refractivity contribution in [3.63, 3.8) is 0 Å². The molecule has 0 spiro atoms. The van der Waals surface area contributed by atoms with Gasteiger partial charge < -0.3 is 19.8 Å². The molecule has 0 fully saturated rings. The Hall–Kier alpha value is -2.84. The minimum absolute atomic E-state index is 0.101. The molecule has 0 atom stereocenters. The van der Waals surface area contributed by atoms with E-state index < -0.39 is 0 Å². The zero-order chi connectivity index (χ0) is 22.7. The topological polar surface area (TPSA) is 93.3 Å². The number of nitrogens with zero attached hydrogens (tertiary/aromatic N) is 1. The summed E-state index contributed by atoms with van der Waals surface area (Å²) >= 11 is 8.11. The number of aryl methyl sites for hydroxylation is 2. The van der Waals surface area contributed by atoms with Crippen LogP contribution in [0.1, 0.15) is 41.6 Å². The third kappa shape index (κ3) is 4.66. The van der Waals surface area contributed by atoms with Gasteiger partial charge in [0.2, 0.25) is 0 Å². The molecule has 7 nitrogen and oxygen atoms in total. The van der Waals surface area contributed by atoms with E-state index in [4.69, 9.17) is 21.1 Å². The van der Waals surface area contributed by atoms with Gasteiger partial charge in [0.15, 0.2) is 23.9 Å². The maximum atomic E-state index is 12.8. The van der Waals surface area contributed by atoms with Crippen LogP contribution in [-0.4, -0.2) is 36.1 Å². The number of carbonyl (C=O) groups is 1. The van der Waals surface area contributed by atoms with Gasteiger partial charge >= 0.3 is 0 Å². The largest absolute Gasteiger partial charge is 0.493 e. The molecule has 1 aromatic carbocycles. The van der Waals surface area contributed by atoms with Crippen molar-refractivity contribution in [2.45, 2.75) is 32.6 Å². The molecule has 0 unspecified atom stereocenters. The van der Waals surface area contributed by atoms with Gasteiger partial charge in [-0.05, 0) is 61.9 Å². The van der Waals surface area contributed by atoms with Crippen molar-refractivity contribution in [2.75, 3.05) is 20.3 Å². The number of nitrogens with one attached hydrogen (secondary N) is 2. The number of benzene rings is 1. The van der Waals surface area contributed by atoms with Crippen LogP contribution in [0.2, 0.25) is 0 Å². The molecule has 0 bridgehead atoms. The number of aromatic nitrogens is 2. The summed E-state index contributed by atoms with van der Waals surface area (Å²) in [6.07, 6.45) is 5.89. The van der Waals surface area contributed by atoms with Crippen LogP contribution in [0.15, 0.2) is 23.0 Å². The molecule has 2 N–H and O–H groups in total. The molecular formula is C23H24ClN3O4S. The van der Waals surface area contributed by atoms with Crippen LogP contribution in [0.4, 0.5) is 0 Å². The molecule has 1 aliphatic rings. The van der Waals surface area contributed by atoms with Crippen molar-refractivity contribution in [3.8, 4) is 11.5 Å². The Labute approximate surface area is 194 Å². The van der Waals surface area contributed by atoms with E-state index in [0.717, 1.165) is 41.6 Å². The van der Waals surface area contributed by atoms with Crippen LogP contribution in [0.3, 0.4) is 0 Å². The first-order valence-electron chi connectivity index (χ1n) is 10.5. The summed E-state index contributed by atoms with van der Waals surface area (Å²) in [5.41, 5.74) is 1.73. The quantitative estimate of drug-likeness (QED) is 0.538. The number of carbonyl (C=O) groups excluding carboxylic acids is 1. The second-order valence-electron chi connectivity index (χ2n) is 7.45. The van der Waals surface area contributed by atoms with Crippen molar-refractivity contribution < 1.29 is 14.3 Å². The fourth-order valence-electron chi connectivity index (χ4n) is 3.78. The first-order valence-corrected chi connectivity index (χ1v) is 11.7. The van der Waals surface area contributed by atoms with Crippen molar-refractivity contribution in [3.05, 3.63) is 50.4 Å². The molecule has 9 heteroatoms. The molecule has 4 rings (SSSR count). The Morgan fingerprint density at radius 2 is 2.12 bits per heavy atom. The lowest BCUT2D eigenvalue weighted by atomic mass is 9.97. The Bertz CT molecular complexity index is 1250. The number of ether oxygens (including phenoxy) is 2. The van der Waals surface area contributed by atoms with E-state index in [1.165, 1.54) is 12.0 Å². The highest BCUT2D eigenvalue weighted by molar-refractivity contribution is 7.18. The Morgan fingerprint density at radius 1 is 1.31 bits per heavy atom. The summed E-state index contributed by atoms with van der Waals surface area (Å²) in [5.74, 6) is 1.04. The van der Waals surface area contributed by atoms with Gasteiger partial charge in [-0.25, -0.2) is 4.98 Å². The number of halogens is 1. The minimum Gasteiger partial charge on any atom is -0.493 e. The van der Waals surface area contributed by atoms with Crippen LogP contribution in [0.25, 0.3) is 21.3 Å². The van der Waals surface area contributed by atoms with Crippen LogP contribution >= 0.6 is 22.9 Å². The van der Waals surface area contributed by atoms with E-state index in [2.05, 4.69) is 15.3 Å². The number of amides is 1. The van der Waals surface area contributed by atoms with E-state index in [1.807, 2.05) is 6.92 Å². The molecule has 3 aromatic rings. The summed E-state index contributed by atoms with van der Waals surface area (Å²) in [4.78, 5) is 33.8. The SMILES string of the molecule is CCNC(=O)COc1ccc(/C=C(\Cl)c2nc3sc4c(c3c(=O)[nH]2)CCCC4)cc1OC. The molecule has 0 saturated carbocycles.